The zero-order valence-corrected chi connectivity index (χ0v) is 28.7. The predicted octanol–water partition coefficient (Wildman–Crippen LogP) is 6.03. The van der Waals surface area contributed by atoms with Gasteiger partial charge in [-0.15, -0.1) is 0 Å². The molecule has 5 nitrogen and oxygen atoms in total. The lowest BCUT2D eigenvalue weighted by atomic mass is 10.0. The highest BCUT2D eigenvalue weighted by Crippen LogP contribution is 2.38. The Labute approximate surface area is 245 Å². The number of benzene rings is 2. The van der Waals surface area contributed by atoms with Crippen molar-refractivity contribution in [2.45, 2.75) is 97.6 Å². The summed E-state index contributed by atoms with van der Waals surface area (Å²) < 4.78 is 13.5. The number of rotatable bonds is 12. The highest BCUT2D eigenvalue weighted by Gasteiger charge is 2.51. The van der Waals surface area contributed by atoms with Crippen LogP contribution in [-0.4, -0.2) is 53.0 Å². The van der Waals surface area contributed by atoms with Crippen molar-refractivity contribution in [2.75, 3.05) is 13.2 Å². The van der Waals surface area contributed by atoms with Gasteiger partial charge in [-0.05, 0) is 47.4 Å². The van der Waals surface area contributed by atoms with Gasteiger partial charge < -0.3 is 19.3 Å². The first-order valence-electron chi connectivity index (χ1n) is 14.5. The number of carbonyl (C=O) groups excluding carboxylic acids is 1. The quantitative estimate of drug-likeness (QED) is 0.236. The van der Waals surface area contributed by atoms with Crippen LogP contribution in [0.4, 0.5) is 0 Å². The maximum atomic E-state index is 13.8. The third kappa shape index (κ3) is 8.26. The minimum absolute atomic E-state index is 0.0136. The lowest BCUT2D eigenvalue weighted by Gasteiger charge is -2.44. The van der Waals surface area contributed by atoms with Crippen molar-refractivity contribution in [3.05, 3.63) is 72.3 Å². The highest BCUT2D eigenvalue weighted by atomic mass is 28.4. The lowest BCUT2D eigenvalue weighted by Crippen LogP contribution is -2.68. The van der Waals surface area contributed by atoms with Gasteiger partial charge in [0.15, 0.2) is 8.32 Å². The summed E-state index contributed by atoms with van der Waals surface area (Å²) in [6.07, 6.45) is 1.26. The van der Waals surface area contributed by atoms with Gasteiger partial charge in [0, 0.05) is 12.5 Å². The zero-order chi connectivity index (χ0) is 30.4. The fourth-order valence-corrected chi connectivity index (χ4v) is 10.4. The van der Waals surface area contributed by atoms with Crippen LogP contribution in [0.15, 0.2) is 72.3 Å². The van der Waals surface area contributed by atoms with Gasteiger partial charge in [-0.2, -0.15) is 0 Å². The van der Waals surface area contributed by atoms with Crippen molar-refractivity contribution >= 4 is 32.9 Å². The first-order valence-corrected chi connectivity index (χ1v) is 19.3. The third-order valence-electron chi connectivity index (χ3n) is 8.29. The molecule has 0 aliphatic carbocycles. The first-order chi connectivity index (χ1) is 18.5. The Morgan fingerprint density at radius 3 is 1.77 bits per heavy atom. The molecule has 0 saturated carbocycles. The van der Waals surface area contributed by atoms with Crippen LogP contribution in [-0.2, 0) is 13.6 Å². The number of nitrogens with one attached hydrogen (secondary N) is 1. The molecule has 2 aromatic rings. The third-order valence-corrected chi connectivity index (χ3v) is 17.9. The van der Waals surface area contributed by atoms with Gasteiger partial charge in [0.25, 0.3) is 8.32 Å². The number of carbonyl (C=O) groups is 1. The standard InChI is InChI=1S/C33H53NO4Si2/c1-25(23-35)22-30(26(2)24-37-39(10,11)32(4,5)6)34-31(36)27(3)38-40(33(7,8)9,28-18-14-12-15-19-28)29-20-16-13-17-21-29/h12-22,26-27,30,35H,23-24H2,1-11H3,(H,34,36)/b25-22-/t26-,27+,30-/m1/s1. The average molecular weight is 584 g/mol. The van der Waals surface area contributed by atoms with E-state index >= 15 is 0 Å². The minimum atomic E-state index is -2.89. The molecule has 0 heterocycles. The SMILES string of the molecule is C/C(=C/[C@@H](NC(=O)[C@H](C)O[Si](c1ccccc1)(c1ccccc1)C(C)(C)C)[C@H](C)CO[Si](C)(C)C(C)(C)C)CO. The van der Waals surface area contributed by atoms with Gasteiger partial charge in [0.2, 0.25) is 5.91 Å². The summed E-state index contributed by atoms with van der Waals surface area (Å²) in [5.74, 6) is -0.154. The molecular weight excluding hydrogens is 531 g/mol. The maximum absolute atomic E-state index is 13.8. The fourth-order valence-electron chi connectivity index (χ4n) is 4.66. The van der Waals surface area contributed by atoms with Gasteiger partial charge in [-0.1, -0.05) is 121 Å². The summed E-state index contributed by atoms with van der Waals surface area (Å²) in [6, 6.07) is 20.4. The summed E-state index contributed by atoms with van der Waals surface area (Å²) in [4.78, 5) is 13.8. The molecule has 0 bridgehead atoms. The van der Waals surface area contributed by atoms with E-state index in [0.29, 0.717) is 6.61 Å². The van der Waals surface area contributed by atoms with Crippen LogP contribution in [0.5, 0.6) is 0 Å². The second-order valence-corrected chi connectivity index (χ2v) is 22.7. The largest absolute Gasteiger partial charge is 0.416 e. The smallest absolute Gasteiger partial charge is 0.262 e. The summed E-state index contributed by atoms with van der Waals surface area (Å²) in [5.41, 5.74) is 0.810. The van der Waals surface area contributed by atoms with Gasteiger partial charge in [-0.25, -0.2) is 0 Å². The monoisotopic (exact) mass is 583 g/mol. The van der Waals surface area contributed by atoms with Crippen LogP contribution in [0.3, 0.4) is 0 Å². The van der Waals surface area contributed by atoms with E-state index < -0.39 is 22.7 Å². The molecule has 2 aromatic carbocycles. The molecule has 0 saturated heterocycles. The molecular formula is C33H53NO4Si2. The van der Waals surface area contributed by atoms with Crippen molar-refractivity contribution in [3.8, 4) is 0 Å². The summed E-state index contributed by atoms with van der Waals surface area (Å²) in [7, 11) is -4.84. The molecule has 3 atom stereocenters. The molecule has 0 aromatic heterocycles. The summed E-state index contributed by atoms with van der Waals surface area (Å²) in [5, 5.41) is 15.1. The Morgan fingerprint density at radius 2 is 1.38 bits per heavy atom. The molecule has 0 fully saturated rings. The van der Waals surface area contributed by atoms with E-state index in [1.807, 2.05) is 56.3 Å². The van der Waals surface area contributed by atoms with Crippen LogP contribution in [0.2, 0.25) is 23.2 Å². The number of amides is 1. The molecule has 0 unspecified atom stereocenters. The molecule has 40 heavy (non-hydrogen) atoms. The molecule has 1 amide bonds. The minimum Gasteiger partial charge on any atom is -0.416 e. The van der Waals surface area contributed by atoms with E-state index in [9.17, 15) is 9.90 Å². The summed E-state index contributed by atoms with van der Waals surface area (Å²) in [6.45, 7) is 24.1. The van der Waals surface area contributed by atoms with Crippen molar-refractivity contribution in [3.63, 3.8) is 0 Å². The molecule has 0 spiro atoms. The number of aliphatic hydroxyl groups is 1. The van der Waals surface area contributed by atoms with Crippen molar-refractivity contribution in [2.24, 2.45) is 5.92 Å². The summed E-state index contributed by atoms with van der Waals surface area (Å²) >= 11 is 0. The van der Waals surface area contributed by atoms with Crippen LogP contribution in [0.1, 0.15) is 62.3 Å². The predicted molar refractivity (Wildman–Crippen MR) is 173 cm³/mol. The maximum Gasteiger partial charge on any atom is 0.262 e. The van der Waals surface area contributed by atoms with Crippen LogP contribution >= 0.6 is 0 Å². The Kier molecular flexibility index (Phi) is 11.7. The number of aliphatic hydroxyl groups excluding tert-OH is 1. The molecule has 0 radical (unpaired) electrons. The molecule has 0 aliphatic rings. The number of hydrogen-bond acceptors (Lipinski definition) is 4. The Balaban J connectivity index is 2.40. The fraction of sp³-hybridized carbons (Fsp3) is 0.545. The van der Waals surface area contributed by atoms with E-state index in [1.165, 1.54) is 0 Å². The average Bonchev–Trinajstić information content (AvgIpc) is 2.89. The zero-order valence-electron chi connectivity index (χ0n) is 26.7. The van der Waals surface area contributed by atoms with E-state index in [-0.39, 0.29) is 34.6 Å². The molecule has 0 aliphatic heterocycles. The highest BCUT2D eigenvalue weighted by molar-refractivity contribution is 6.99. The molecule has 222 valence electrons. The molecule has 7 heteroatoms. The van der Waals surface area contributed by atoms with E-state index in [2.05, 4.69) is 91.1 Å². The Hall–Kier alpha value is -2.04. The van der Waals surface area contributed by atoms with Crippen molar-refractivity contribution < 1.29 is 18.8 Å². The van der Waals surface area contributed by atoms with Crippen molar-refractivity contribution in [1.29, 1.82) is 0 Å². The molecule has 2 N–H and O–H groups in total. The lowest BCUT2D eigenvalue weighted by molar-refractivity contribution is -0.128. The van der Waals surface area contributed by atoms with Crippen LogP contribution in [0.25, 0.3) is 0 Å². The normalized spacial score (nSPS) is 15.8. The van der Waals surface area contributed by atoms with Gasteiger partial charge in [0.1, 0.15) is 6.10 Å². The topological polar surface area (TPSA) is 67.8 Å². The van der Waals surface area contributed by atoms with Gasteiger partial charge in [-0.3, -0.25) is 4.79 Å². The Bertz CT molecular complexity index is 1070. The van der Waals surface area contributed by atoms with E-state index in [1.54, 1.807) is 0 Å². The van der Waals surface area contributed by atoms with Crippen LogP contribution in [0, 0.1) is 5.92 Å². The van der Waals surface area contributed by atoms with E-state index in [4.69, 9.17) is 8.85 Å². The number of hydrogen-bond donors (Lipinski definition) is 2. The van der Waals surface area contributed by atoms with Gasteiger partial charge in [0.05, 0.1) is 12.6 Å². The second kappa shape index (κ2) is 13.8. The van der Waals surface area contributed by atoms with Crippen molar-refractivity contribution in [1.82, 2.24) is 5.32 Å². The second-order valence-electron chi connectivity index (χ2n) is 13.7. The van der Waals surface area contributed by atoms with E-state index in [0.717, 1.165) is 15.9 Å². The van der Waals surface area contributed by atoms with Crippen LogP contribution < -0.4 is 15.7 Å². The Morgan fingerprint density at radius 1 is 0.900 bits per heavy atom. The van der Waals surface area contributed by atoms with Gasteiger partial charge >= 0.3 is 0 Å². The first kappa shape index (κ1) is 34.2. The molecule has 2 rings (SSSR count).